The van der Waals surface area contributed by atoms with Crippen molar-refractivity contribution < 1.29 is 9.32 Å². The number of fused-ring (bicyclic) bond motifs is 1. The predicted octanol–water partition coefficient (Wildman–Crippen LogP) is 3.26. The molecule has 162 valence electrons. The van der Waals surface area contributed by atoms with E-state index in [0.29, 0.717) is 48.8 Å². The molecule has 1 amide bonds. The van der Waals surface area contributed by atoms with Crippen LogP contribution in [0, 0.1) is 5.92 Å². The van der Waals surface area contributed by atoms with Crippen LogP contribution in [-0.2, 0) is 24.2 Å². The molecular weight excluding hydrogens is 390 g/mol. The number of pyridine rings is 1. The van der Waals surface area contributed by atoms with Gasteiger partial charge in [-0.25, -0.2) is 0 Å². The molecule has 2 aromatic heterocycles. The number of aryl methyl sites for hydroxylation is 1. The van der Waals surface area contributed by atoms with Gasteiger partial charge in [-0.3, -0.25) is 14.7 Å². The number of hydrogen-bond acceptors (Lipinski definition) is 6. The molecule has 0 aliphatic carbocycles. The summed E-state index contributed by atoms with van der Waals surface area (Å²) in [5, 5.41) is 7.07. The highest BCUT2D eigenvalue weighted by Gasteiger charge is 2.26. The average molecular weight is 420 g/mol. The third-order valence-electron chi connectivity index (χ3n) is 5.84. The van der Waals surface area contributed by atoms with Crippen molar-refractivity contribution in [2.24, 2.45) is 5.92 Å². The molecule has 0 saturated carbocycles. The summed E-state index contributed by atoms with van der Waals surface area (Å²) < 4.78 is 5.27. The SMILES string of the molecule is CC(C)C(CNC(=O)CCc1nc(-c2ccccn2)no1)N1CCc2ccccc2C1. The van der Waals surface area contributed by atoms with Crippen LogP contribution in [0.2, 0.25) is 0 Å². The van der Waals surface area contributed by atoms with Crippen LogP contribution in [-0.4, -0.2) is 45.1 Å². The Labute approximate surface area is 182 Å². The summed E-state index contributed by atoms with van der Waals surface area (Å²) >= 11 is 0. The van der Waals surface area contributed by atoms with Gasteiger partial charge in [-0.05, 0) is 35.6 Å². The molecule has 31 heavy (non-hydrogen) atoms. The molecule has 0 bridgehead atoms. The van der Waals surface area contributed by atoms with E-state index in [9.17, 15) is 4.79 Å². The number of hydrogen-bond donors (Lipinski definition) is 1. The maximum atomic E-state index is 12.5. The molecule has 1 aliphatic heterocycles. The second-order valence-electron chi connectivity index (χ2n) is 8.33. The molecule has 0 fully saturated rings. The van der Waals surface area contributed by atoms with Crippen LogP contribution >= 0.6 is 0 Å². The quantitative estimate of drug-likeness (QED) is 0.603. The van der Waals surface area contributed by atoms with Gasteiger partial charge in [0, 0.05) is 44.7 Å². The number of nitrogens with one attached hydrogen (secondary N) is 1. The van der Waals surface area contributed by atoms with Crippen molar-refractivity contribution >= 4 is 5.91 Å². The number of benzene rings is 1. The van der Waals surface area contributed by atoms with Gasteiger partial charge in [-0.15, -0.1) is 0 Å². The van der Waals surface area contributed by atoms with Crippen molar-refractivity contribution in [2.75, 3.05) is 13.1 Å². The molecule has 1 N–H and O–H groups in total. The van der Waals surface area contributed by atoms with Gasteiger partial charge in [0.05, 0.1) is 0 Å². The van der Waals surface area contributed by atoms with Gasteiger partial charge in [0.15, 0.2) is 0 Å². The van der Waals surface area contributed by atoms with E-state index in [4.69, 9.17) is 4.52 Å². The number of carbonyl (C=O) groups excluding carboxylic acids is 1. The third kappa shape index (κ3) is 5.35. The molecule has 0 radical (unpaired) electrons. The molecule has 1 aromatic carbocycles. The molecule has 4 rings (SSSR count). The van der Waals surface area contributed by atoms with Gasteiger partial charge in [0.1, 0.15) is 5.69 Å². The Morgan fingerprint density at radius 1 is 1.16 bits per heavy atom. The largest absolute Gasteiger partial charge is 0.355 e. The molecule has 0 saturated heterocycles. The lowest BCUT2D eigenvalue weighted by Crippen LogP contribution is -2.48. The zero-order valence-electron chi connectivity index (χ0n) is 18.1. The summed E-state index contributed by atoms with van der Waals surface area (Å²) in [6.45, 7) is 7.03. The van der Waals surface area contributed by atoms with Crippen molar-refractivity contribution in [3.8, 4) is 11.5 Å². The number of aromatic nitrogens is 3. The summed E-state index contributed by atoms with van der Waals surface area (Å²) in [5.41, 5.74) is 3.49. The van der Waals surface area contributed by atoms with Gasteiger partial charge in [0.2, 0.25) is 17.6 Å². The molecule has 1 unspecified atom stereocenters. The number of rotatable bonds is 8. The zero-order valence-corrected chi connectivity index (χ0v) is 18.1. The molecule has 1 atom stereocenters. The van der Waals surface area contributed by atoms with Crippen LogP contribution in [0.3, 0.4) is 0 Å². The van der Waals surface area contributed by atoms with E-state index in [2.05, 4.69) is 63.5 Å². The Kier molecular flexibility index (Phi) is 6.72. The van der Waals surface area contributed by atoms with Crippen LogP contribution in [0.25, 0.3) is 11.5 Å². The van der Waals surface area contributed by atoms with E-state index in [0.717, 1.165) is 19.5 Å². The van der Waals surface area contributed by atoms with Gasteiger partial charge >= 0.3 is 0 Å². The molecule has 1 aliphatic rings. The second-order valence-corrected chi connectivity index (χ2v) is 8.33. The second kappa shape index (κ2) is 9.83. The fraction of sp³-hybridized carbons (Fsp3) is 0.417. The first kappa shape index (κ1) is 21.2. The summed E-state index contributed by atoms with van der Waals surface area (Å²) in [6.07, 6.45) is 3.47. The van der Waals surface area contributed by atoms with Crippen LogP contribution in [0.5, 0.6) is 0 Å². The molecule has 3 heterocycles. The lowest BCUT2D eigenvalue weighted by atomic mass is 9.95. The Balaban J connectivity index is 1.28. The lowest BCUT2D eigenvalue weighted by molar-refractivity contribution is -0.121. The molecule has 3 aromatic rings. The van der Waals surface area contributed by atoms with E-state index in [1.807, 2.05) is 18.2 Å². The standard InChI is InChI=1S/C24H29N5O2/c1-17(2)21(29-14-12-18-7-3-4-8-19(18)16-29)15-26-22(30)10-11-23-27-24(28-31-23)20-9-5-6-13-25-20/h3-9,13,17,21H,10-12,14-16H2,1-2H3,(H,26,30). The summed E-state index contributed by atoms with van der Waals surface area (Å²) in [4.78, 5) is 23.5. The molecule has 0 spiro atoms. The smallest absolute Gasteiger partial charge is 0.227 e. The Morgan fingerprint density at radius 2 is 1.97 bits per heavy atom. The zero-order chi connectivity index (χ0) is 21.6. The first-order valence-electron chi connectivity index (χ1n) is 10.9. The van der Waals surface area contributed by atoms with Gasteiger partial charge in [-0.1, -0.05) is 49.3 Å². The maximum Gasteiger partial charge on any atom is 0.227 e. The van der Waals surface area contributed by atoms with Crippen LogP contribution in [0.1, 0.15) is 37.3 Å². The molecular formula is C24H29N5O2. The summed E-state index contributed by atoms with van der Waals surface area (Å²) in [6, 6.07) is 14.5. The minimum atomic E-state index is 0.000598. The van der Waals surface area contributed by atoms with Gasteiger partial charge in [-0.2, -0.15) is 4.98 Å². The van der Waals surface area contributed by atoms with Crippen molar-refractivity contribution in [1.82, 2.24) is 25.3 Å². The van der Waals surface area contributed by atoms with E-state index in [1.165, 1.54) is 11.1 Å². The highest BCUT2D eigenvalue weighted by Crippen LogP contribution is 2.23. The Bertz CT molecular complexity index is 1000. The van der Waals surface area contributed by atoms with E-state index >= 15 is 0 Å². The average Bonchev–Trinajstić information content (AvgIpc) is 3.27. The minimum absolute atomic E-state index is 0.000598. The number of carbonyl (C=O) groups is 1. The van der Waals surface area contributed by atoms with Crippen LogP contribution < -0.4 is 5.32 Å². The lowest BCUT2D eigenvalue weighted by Gasteiger charge is -2.38. The van der Waals surface area contributed by atoms with Gasteiger partial charge < -0.3 is 9.84 Å². The van der Waals surface area contributed by atoms with Crippen molar-refractivity contribution in [2.45, 2.75) is 45.7 Å². The van der Waals surface area contributed by atoms with Crippen molar-refractivity contribution in [1.29, 1.82) is 0 Å². The predicted molar refractivity (Wildman–Crippen MR) is 118 cm³/mol. The van der Waals surface area contributed by atoms with E-state index in [1.54, 1.807) is 6.20 Å². The van der Waals surface area contributed by atoms with Crippen molar-refractivity contribution in [3.05, 3.63) is 65.7 Å². The normalized spacial score (nSPS) is 14.9. The summed E-state index contributed by atoms with van der Waals surface area (Å²) in [7, 11) is 0. The van der Waals surface area contributed by atoms with Crippen LogP contribution in [0.15, 0.2) is 53.2 Å². The monoisotopic (exact) mass is 419 g/mol. The maximum absolute atomic E-state index is 12.5. The van der Waals surface area contributed by atoms with Crippen LogP contribution in [0.4, 0.5) is 0 Å². The topological polar surface area (TPSA) is 84.2 Å². The molecule has 7 nitrogen and oxygen atoms in total. The van der Waals surface area contributed by atoms with E-state index < -0.39 is 0 Å². The Hall–Kier alpha value is -3.06. The fourth-order valence-electron chi connectivity index (χ4n) is 4.07. The minimum Gasteiger partial charge on any atom is -0.355 e. The van der Waals surface area contributed by atoms with E-state index in [-0.39, 0.29) is 5.91 Å². The van der Waals surface area contributed by atoms with Crippen molar-refractivity contribution in [3.63, 3.8) is 0 Å². The number of nitrogens with zero attached hydrogens (tertiary/aromatic N) is 4. The first-order chi connectivity index (χ1) is 15.1. The molecule has 7 heteroatoms. The fourth-order valence-corrected chi connectivity index (χ4v) is 4.07. The highest BCUT2D eigenvalue weighted by atomic mass is 16.5. The first-order valence-corrected chi connectivity index (χ1v) is 10.9. The third-order valence-corrected chi connectivity index (χ3v) is 5.84. The number of amides is 1. The summed E-state index contributed by atoms with van der Waals surface area (Å²) in [5.74, 6) is 1.34. The Morgan fingerprint density at radius 3 is 2.74 bits per heavy atom. The van der Waals surface area contributed by atoms with Gasteiger partial charge in [0.25, 0.3) is 0 Å². The highest BCUT2D eigenvalue weighted by molar-refractivity contribution is 5.76.